The molecule has 1 atom stereocenters. The van der Waals surface area contributed by atoms with E-state index in [1.54, 1.807) is 0 Å². The van der Waals surface area contributed by atoms with E-state index in [2.05, 4.69) is 20.4 Å². The molecule has 0 aliphatic heterocycles. The van der Waals surface area contributed by atoms with Crippen molar-refractivity contribution in [2.45, 2.75) is 110 Å². The average Bonchev–Trinajstić information content (AvgIpc) is 2.59. The Balaban J connectivity index is 4.00. The summed E-state index contributed by atoms with van der Waals surface area (Å²) in [5.74, 6) is 0.186. The van der Waals surface area contributed by atoms with E-state index in [-0.39, 0.29) is 11.9 Å². The van der Waals surface area contributed by atoms with Crippen molar-refractivity contribution in [3.8, 4) is 0 Å². The summed E-state index contributed by atoms with van der Waals surface area (Å²) >= 11 is 0. The lowest BCUT2D eigenvalue weighted by atomic mass is 9.94. The average molecular weight is 339 g/mol. The van der Waals surface area contributed by atoms with E-state index in [0.717, 1.165) is 32.1 Å². The van der Waals surface area contributed by atoms with Gasteiger partial charge in [0.15, 0.2) is 0 Å². The van der Waals surface area contributed by atoms with Crippen molar-refractivity contribution in [2.75, 3.05) is 6.61 Å². The zero-order chi connectivity index (χ0) is 17.9. The Morgan fingerprint density at radius 1 is 0.833 bits per heavy atom. The second kappa shape index (κ2) is 18.5. The third-order valence-electron chi connectivity index (χ3n) is 4.69. The summed E-state index contributed by atoms with van der Waals surface area (Å²) in [6.45, 7) is 8.78. The fourth-order valence-corrected chi connectivity index (χ4v) is 3.05. The third-order valence-corrected chi connectivity index (χ3v) is 4.69. The number of carbonyl (C=O) groups is 1. The minimum atomic E-state index is 0.0543. The molecule has 2 heteroatoms. The van der Waals surface area contributed by atoms with Gasteiger partial charge in [0, 0.05) is 0 Å². The zero-order valence-electron chi connectivity index (χ0n) is 16.5. The van der Waals surface area contributed by atoms with Crippen LogP contribution in [0, 0.1) is 5.92 Å². The van der Waals surface area contributed by atoms with Gasteiger partial charge in [0.2, 0.25) is 0 Å². The lowest BCUT2D eigenvalue weighted by Crippen LogP contribution is -2.18. The van der Waals surface area contributed by atoms with Crippen molar-refractivity contribution >= 4 is 5.97 Å². The highest BCUT2D eigenvalue weighted by Gasteiger charge is 2.19. The van der Waals surface area contributed by atoms with Gasteiger partial charge < -0.3 is 4.74 Å². The summed E-state index contributed by atoms with van der Waals surface area (Å²) in [5.41, 5.74) is 0. The number of allylic oxidation sites excluding steroid dienone is 1. The van der Waals surface area contributed by atoms with Crippen molar-refractivity contribution in [3.63, 3.8) is 0 Å². The number of ether oxygens (including phenoxy) is 1. The van der Waals surface area contributed by atoms with E-state index in [9.17, 15) is 4.79 Å². The van der Waals surface area contributed by atoms with Gasteiger partial charge in [-0.15, -0.1) is 6.58 Å². The molecule has 0 aromatic carbocycles. The fraction of sp³-hybridized carbons (Fsp3) is 0.864. The maximum Gasteiger partial charge on any atom is 0.308 e. The molecular weight excluding hydrogens is 296 g/mol. The molecule has 142 valence electrons. The number of esters is 1. The van der Waals surface area contributed by atoms with Crippen LogP contribution in [0.15, 0.2) is 12.7 Å². The second-order valence-electron chi connectivity index (χ2n) is 7.05. The van der Waals surface area contributed by atoms with E-state index in [4.69, 9.17) is 4.74 Å². The summed E-state index contributed by atoms with van der Waals surface area (Å²) in [5, 5.41) is 0. The highest BCUT2D eigenvalue weighted by atomic mass is 16.5. The molecule has 0 heterocycles. The molecule has 0 bridgehead atoms. The van der Waals surface area contributed by atoms with Crippen LogP contribution < -0.4 is 0 Å². The number of carbonyl (C=O) groups excluding carboxylic acids is 1. The van der Waals surface area contributed by atoms with Gasteiger partial charge in [-0.05, 0) is 32.1 Å². The first-order valence-electron chi connectivity index (χ1n) is 10.5. The summed E-state index contributed by atoms with van der Waals surface area (Å²) in [6.07, 6.45) is 19.6. The second-order valence-corrected chi connectivity index (χ2v) is 7.05. The van der Waals surface area contributed by atoms with Gasteiger partial charge in [0.25, 0.3) is 0 Å². The standard InChI is InChI=1S/C22H42O2/c1-4-7-10-13-14-16-19-21(18-15-11-8-5-2)22(23)24-20-17-12-9-6-3/h6,21H,3-5,7-20H2,1-2H3. The van der Waals surface area contributed by atoms with E-state index in [1.807, 2.05) is 6.08 Å². The number of hydrogen-bond donors (Lipinski definition) is 0. The third kappa shape index (κ3) is 14.8. The quantitative estimate of drug-likeness (QED) is 0.150. The Morgan fingerprint density at radius 2 is 1.38 bits per heavy atom. The molecule has 24 heavy (non-hydrogen) atoms. The van der Waals surface area contributed by atoms with Crippen LogP contribution in [0.25, 0.3) is 0 Å². The lowest BCUT2D eigenvalue weighted by Gasteiger charge is -2.16. The smallest absolute Gasteiger partial charge is 0.308 e. The molecule has 0 aliphatic carbocycles. The van der Waals surface area contributed by atoms with Crippen LogP contribution in [-0.4, -0.2) is 12.6 Å². The highest BCUT2D eigenvalue weighted by molar-refractivity contribution is 5.72. The van der Waals surface area contributed by atoms with Crippen LogP contribution in [0.3, 0.4) is 0 Å². The van der Waals surface area contributed by atoms with Crippen LogP contribution in [0.2, 0.25) is 0 Å². The first kappa shape index (κ1) is 23.2. The van der Waals surface area contributed by atoms with Gasteiger partial charge in [-0.25, -0.2) is 0 Å². The van der Waals surface area contributed by atoms with Crippen LogP contribution in [0.5, 0.6) is 0 Å². The molecule has 0 fully saturated rings. The molecule has 0 radical (unpaired) electrons. The van der Waals surface area contributed by atoms with Crippen molar-refractivity contribution in [2.24, 2.45) is 5.92 Å². The van der Waals surface area contributed by atoms with Crippen molar-refractivity contribution in [3.05, 3.63) is 12.7 Å². The Kier molecular flexibility index (Phi) is 17.9. The zero-order valence-corrected chi connectivity index (χ0v) is 16.5. The minimum Gasteiger partial charge on any atom is -0.465 e. The van der Waals surface area contributed by atoms with E-state index >= 15 is 0 Å². The first-order chi connectivity index (χ1) is 11.8. The fourth-order valence-electron chi connectivity index (χ4n) is 3.05. The summed E-state index contributed by atoms with van der Waals surface area (Å²) in [7, 11) is 0. The van der Waals surface area contributed by atoms with Crippen molar-refractivity contribution in [1.82, 2.24) is 0 Å². The lowest BCUT2D eigenvalue weighted by molar-refractivity contribution is -0.149. The van der Waals surface area contributed by atoms with E-state index in [1.165, 1.54) is 64.2 Å². The molecule has 0 aliphatic rings. The molecular formula is C22H42O2. The maximum absolute atomic E-state index is 12.4. The molecule has 0 saturated carbocycles. The predicted octanol–water partition coefficient (Wildman–Crippen LogP) is 7.22. The van der Waals surface area contributed by atoms with Crippen LogP contribution in [0.4, 0.5) is 0 Å². The van der Waals surface area contributed by atoms with Crippen molar-refractivity contribution < 1.29 is 9.53 Å². The molecule has 0 amide bonds. The van der Waals surface area contributed by atoms with E-state index in [0.29, 0.717) is 6.61 Å². The molecule has 0 saturated heterocycles. The Bertz CT molecular complexity index is 286. The molecule has 0 aromatic rings. The predicted molar refractivity (Wildman–Crippen MR) is 105 cm³/mol. The number of unbranched alkanes of at least 4 members (excludes halogenated alkanes) is 10. The molecule has 1 unspecified atom stereocenters. The summed E-state index contributed by atoms with van der Waals surface area (Å²) in [6, 6.07) is 0. The molecule has 0 aromatic heterocycles. The van der Waals surface area contributed by atoms with E-state index < -0.39 is 0 Å². The van der Waals surface area contributed by atoms with Crippen LogP contribution >= 0.6 is 0 Å². The monoisotopic (exact) mass is 338 g/mol. The molecule has 0 spiro atoms. The van der Waals surface area contributed by atoms with Gasteiger partial charge in [-0.3, -0.25) is 4.79 Å². The van der Waals surface area contributed by atoms with Crippen LogP contribution in [-0.2, 0) is 9.53 Å². The van der Waals surface area contributed by atoms with Gasteiger partial charge in [0.1, 0.15) is 0 Å². The van der Waals surface area contributed by atoms with Gasteiger partial charge in [0.05, 0.1) is 12.5 Å². The van der Waals surface area contributed by atoms with Gasteiger partial charge in [-0.2, -0.15) is 0 Å². The molecule has 2 nitrogen and oxygen atoms in total. The normalized spacial score (nSPS) is 12.1. The molecule has 0 N–H and O–H groups in total. The Morgan fingerprint density at radius 3 is 1.96 bits per heavy atom. The van der Waals surface area contributed by atoms with Crippen molar-refractivity contribution in [1.29, 1.82) is 0 Å². The topological polar surface area (TPSA) is 26.3 Å². The summed E-state index contributed by atoms with van der Waals surface area (Å²) in [4.78, 5) is 12.4. The Hall–Kier alpha value is -0.790. The minimum absolute atomic E-state index is 0.0543. The summed E-state index contributed by atoms with van der Waals surface area (Å²) < 4.78 is 5.53. The van der Waals surface area contributed by atoms with Crippen LogP contribution in [0.1, 0.15) is 110 Å². The molecule has 0 rings (SSSR count). The Labute approximate surface area is 151 Å². The maximum atomic E-state index is 12.4. The SMILES string of the molecule is C=CCCCCOC(=O)C(CCCCCC)CCCCCCCC. The number of rotatable bonds is 18. The first-order valence-corrected chi connectivity index (χ1v) is 10.5. The highest BCUT2D eigenvalue weighted by Crippen LogP contribution is 2.20. The number of hydrogen-bond acceptors (Lipinski definition) is 2. The van der Waals surface area contributed by atoms with Gasteiger partial charge >= 0.3 is 5.97 Å². The largest absolute Gasteiger partial charge is 0.465 e. The van der Waals surface area contributed by atoms with Gasteiger partial charge in [-0.1, -0.05) is 84.1 Å².